The number of esters is 2. The maximum Gasteiger partial charge on any atom is 0.343 e. The Morgan fingerprint density at radius 2 is 1.88 bits per heavy atom. The fraction of sp³-hybridized carbons (Fsp3) is 0.481. The van der Waals surface area contributed by atoms with Gasteiger partial charge in [-0.1, -0.05) is 31.2 Å². The summed E-state index contributed by atoms with van der Waals surface area (Å²) in [6, 6.07) is 15.1. The van der Waals surface area contributed by atoms with Crippen molar-refractivity contribution in [2.24, 2.45) is 17.3 Å². The summed E-state index contributed by atoms with van der Waals surface area (Å²) in [6.07, 6.45) is 3.63. The van der Waals surface area contributed by atoms with Crippen molar-refractivity contribution < 1.29 is 24.2 Å². The Hall–Kier alpha value is -2.66. The molecule has 0 saturated heterocycles. The zero-order valence-electron chi connectivity index (χ0n) is 18.6. The summed E-state index contributed by atoms with van der Waals surface area (Å²) in [5, 5.41) is 11.0. The minimum Gasteiger partial charge on any atom is -0.460 e. The van der Waals surface area contributed by atoms with Crippen molar-refractivity contribution >= 4 is 11.9 Å². The summed E-state index contributed by atoms with van der Waals surface area (Å²) in [5.74, 6) is 1.16. The molecule has 0 heterocycles. The second-order valence-corrected chi connectivity index (χ2v) is 9.90. The third kappa shape index (κ3) is 3.53. The van der Waals surface area contributed by atoms with Crippen molar-refractivity contribution in [1.82, 2.24) is 0 Å². The van der Waals surface area contributed by atoms with Gasteiger partial charge in [-0.3, -0.25) is 4.79 Å². The molecule has 2 aromatic rings. The number of fused-ring (bicyclic) bond motifs is 5. The molecule has 0 amide bonds. The summed E-state index contributed by atoms with van der Waals surface area (Å²) in [6.45, 7) is 3.59. The first-order valence-electron chi connectivity index (χ1n) is 11.6. The van der Waals surface area contributed by atoms with Crippen LogP contribution in [0.15, 0.2) is 48.5 Å². The van der Waals surface area contributed by atoms with Crippen LogP contribution >= 0.6 is 0 Å². The predicted octanol–water partition coefficient (Wildman–Crippen LogP) is 4.66. The summed E-state index contributed by atoms with van der Waals surface area (Å²) >= 11 is 0. The molecule has 6 atom stereocenters. The molecule has 0 bridgehead atoms. The van der Waals surface area contributed by atoms with E-state index in [1.165, 1.54) is 18.1 Å². The molecule has 5 rings (SSSR count). The molecule has 0 unspecified atom stereocenters. The van der Waals surface area contributed by atoms with E-state index in [-0.39, 0.29) is 17.4 Å². The molecule has 0 aliphatic heterocycles. The second-order valence-electron chi connectivity index (χ2n) is 9.90. The fourth-order valence-electron chi connectivity index (χ4n) is 6.65. The van der Waals surface area contributed by atoms with Crippen molar-refractivity contribution in [3.63, 3.8) is 0 Å². The molecule has 5 heteroatoms. The van der Waals surface area contributed by atoms with Crippen LogP contribution in [0.5, 0.6) is 5.75 Å². The lowest BCUT2D eigenvalue weighted by molar-refractivity contribution is -0.153. The van der Waals surface area contributed by atoms with E-state index >= 15 is 0 Å². The largest absolute Gasteiger partial charge is 0.460 e. The Balaban J connectivity index is 1.35. The SMILES string of the molecule is CC(=O)O[C@@H]1C[C@H]2[C@@H]3CCc4cc(OC(=O)c5ccccc5)ccc4[C@H]3CC[C@]2(C)[C@H]1O. The average Bonchev–Trinajstić information content (AvgIpc) is 3.04. The molecule has 0 radical (unpaired) electrons. The van der Waals surface area contributed by atoms with E-state index in [0.717, 1.165) is 32.1 Å². The number of hydrogen-bond donors (Lipinski definition) is 1. The van der Waals surface area contributed by atoms with Gasteiger partial charge in [-0.15, -0.1) is 0 Å². The first kappa shape index (κ1) is 21.2. The van der Waals surface area contributed by atoms with Crippen LogP contribution in [0.2, 0.25) is 0 Å². The Morgan fingerprint density at radius 1 is 1.09 bits per heavy atom. The van der Waals surface area contributed by atoms with Crippen LogP contribution in [0.4, 0.5) is 0 Å². The number of carbonyl (C=O) groups is 2. The van der Waals surface area contributed by atoms with Gasteiger partial charge >= 0.3 is 11.9 Å². The monoisotopic (exact) mass is 434 g/mol. The number of aryl methyl sites for hydroxylation is 1. The number of benzene rings is 2. The molecule has 1 N–H and O–H groups in total. The molecule has 3 aliphatic rings. The van der Waals surface area contributed by atoms with E-state index in [9.17, 15) is 14.7 Å². The molecule has 2 fully saturated rings. The molecule has 0 spiro atoms. The van der Waals surface area contributed by atoms with Crippen LogP contribution in [0, 0.1) is 17.3 Å². The van der Waals surface area contributed by atoms with Crippen molar-refractivity contribution in [1.29, 1.82) is 0 Å². The zero-order chi connectivity index (χ0) is 22.5. The lowest BCUT2D eigenvalue weighted by atomic mass is 9.55. The molecule has 0 aromatic heterocycles. The van der Waals surface area contributed by atoms with Gasteiger partial charge in [0.1, 0.15) is 11.9 Å². The van der Waals surface area contributed by atoms with Crippen LogP contribution in [-0.2, 0) is 16.0 Å². The van der Waals surface area contributed by atoms with Crippen LogP contribution in [-0.4, -0.2) is 29.3 Å². The maximum atomic E-state index is 12.4. The zero-order valence-corrected chi connectivity index (χ0v) is 18.6. The topological polar surface area (TPSA) is 72.8 Å². The molecule has 32 heavy (non-hydrogen) atoms. The Morgan fingerprint density at radius 3 is 2.62 bits per heavy atom. The number of ether oxygens (including phenoxy) is 2. The number of carbonyl (C=O) groups excluding carboxylic acids is 2. The normalized spacial score (nSPS) is 32.9. The summed E-state index contributed by atoms with van der Waals surface area (Å²) in [5.41, 5.74) is 2.93. The van der Waals surface area contributed by atoms with Crippen LogP contribution in [0.1, 0.15) is 66.9 Å². The van der Waals surface area contributed by atoms with Gasteiger partial charge in [0.15, 0.2) is 0 Å². The predicted molar refractivity (Wildman–Crippen MR) is 119 cm³/mol. The highest BCUT2D eigenvalue weighted by atomic mass is 16.6. The molecule has 5 nitrogen and oxygen atoms in total. The third-order valence-corrected chi connectivity index (χ3v) is 8.19. The van der Waals surface area contributed by atoms with Gasteiger partial charge in [0.05, 0.1) is 11.7 Å². The molecular weight excluding hydrogens is 404 g/mol. The molecule has 2 saturated carbocycles. The van der Waals surface area contributed by atoms with Gasteiger partial charge in [-0.05, 0) is 85.3 Å². The van der Waals surface area contributed by atoms with E-state index in [0.29, 0.717) is 29.1 Å². The van der Waals surface area contributed by atoms with Crippen LogP contribution in [0.3, 0.4) is 0 Å². The maximum absolute atomic E-state index is 12.4. The van der Waals surface area contributed by atoms with Gasteiger partial charge in [-0.25, -0.2) is 4.79 Å². The summed E-state index contributed by atoms with van der Waals surface area (Å²) < 4.78 is 11.1. The van der Waals surface area contributed by atoms with Crippen molar-refractivity contribution in [2.45, 2.75) is 64.1 Å². The first-order valence-corrected chi connectivity index (χ1v) is 11.6. The Labute approximate surface area is 188 Å². The van der Waals surface area contributed by atoms with E-state index in [1.54, 1.807) is 12.1 Å². The van der Waals surface area contributed by atoms with Crippen molar-refractivity contribution in [3.8, 4) is 5.75 Å². The number of aliphatic hydroxyl groups is 1. The number of hydrogen-bond acceptors (Lipinski definition) is 5. The second kappa shape index (κ2) is 8.04. The number of aliphatic hydroxyl groups excluding tert-OH is 1. The molecule has 168 valence electrons. The van der Waals surface area contributed by atoms with E-state index in [4.69, 9.17) is 9.47 Å². The van der Waals surface area contributed by atoms with E-state index < -0.39 is 12.2 Å². The highest BCUT2D eigenvalue weighted by Gasteiger charge is 2.59. The van der Waals surface area contributed by atoms with E-state index in [2.05, 4.69) is 13.0 Å². The lowest BCUT2D eigenvalue weighted by Gasteiger charge is -2.49. The molecular formula is C27H30O5. The van der Waals surface area contributed by atoms with Gasteiger partial charge in [0.2, 0.25) is 0 Å². The van der Waals surface area contributed by atoms with Crippen molar-refractivity contribution in [2.75, 3.05) is 0 Å². The summed E-state index contributed by atoms with van der Waals surface area (Å²) in [4.78, 5) is 24.0. The fourth-order valence-corrected chi connectivity index (χ4v) is 6.65. The van der Waals surface area contributed by atoms with Gasteiger partial charge in [-0.2, -0.15) is 0 Å². The number of rotatable bonds is 3. The molecule has 2 aromatic carbocycles. The standard InChI is InChI=1S/C27H30O5/c1-16(28)31-24-15-23-22-10-8-18-14-19(32-26(30)17-6-4-3-5-7-17)9-11-20(18)21(22)12-13-27(23,2)25(24)29/h3-7,9,11,14,21-25,29H,8,10,12-13,15H2,1-2H3/t21-,22-,23+,24-,25+,27+/m1/s1. The smallest absolute Gasteiger partial charge is 0.343 e. The van der Waals surface area contributed by atoms with Crippen LogP contribution < -0.4 is 4.74 Å². The van der Waals surface area contributed by atoms with Gasteiger partial charge in [0.25, 0.3) is 0 Å². The van der Waals surface area contributed by atoms with Crippen molar-refractivity contribution in [3.05, 3.63) is 65.2 Å². The third-order valence-electron chi connectivity index (χ3n) is 8.19. The highest BCUT2D eigenvalue weighted by Crippen LogP contribution is 2.61. The van der Waals surface area contributed by atoms with Gasteiger partial charge < -0.3 is 14.6 Å². The van der Waals surface area contributed by atoms with Gasteiger partial charge in [0, 0.05) is 12.3 Å². The Kier molecular flexibility index (Phi) is 5.32. The minimum atomic E-state index is -0.599. The minimum absolute atomic E-state index is 0.204. The molecule has 3 aliphatic carbocycles. The summed E-state index contributed by atoms with van der Waals surface area (Å²) in [7, 11) is 0. The quantitative estimate of drug-likeness (QED) is 0.562. The lowest BCUT2D eigenvalue weighted by Crippen LogP contribution is -2.45. The first-order chi connectivity index (χ1) is 15.4. The highest BCUT2D eigenvalue weighted by molar-refractivity contribution is 5.91. The Bertz CT molecular complexity index is 1030. The van der Waals surface area contributed by atoms with Crippen LogP contribution in [0.25, 0.3) is 0 Å². The van der Waals surface area contributed by atoms with E-state index in [1.807, 2.05) is 30.3 Å². The average molecular weight is 435 g/mol.